The van der Waals surface area contributed by atoms with E-state index in [0.29, 0.717) is 0 Å². The normalized spacial score (nSPS) is 11.3. The maximum atomic E-state index is 12.5. The van der Waals surface area contributed by atoms with Gasteiger partial charge in [0.1, 0.15) is 5.69 Å². The Morgan fingerprint density at radius 3 is 2.70 bits per heavy atom. The van der Waals surface area contributed by atoms with Crippen molar-refractivity contribution in [1.82, 2.24) is 9.97 Å². The maximum absolute atomic E-state index is 12.5. The molecule has 2 rings (SSSR count). The minimum absolute atomic E-state index is 0.0361. The van der Waals surface area contributed by atoms with E-state index >= 15 is 0 Å². The van der Waals surface area contributed by atoms with E-state index in [1.807, 2.05) is 0 Å². The van der Waals surface area contributed by atoms with E-state index in [1.54, 1.807) is 6.07 Å². The Balaban J connectivity index is 1.90. The fourth-order valence-electron chi connectivity index (χ4n) is 1.58. The lowest BCUT2D eigenvalue weighted by Crippen LogP contribution is -2.09. The van der Waals surface area contributed by atoms with Crippen LogP contribution in [0.1, 0.15) is 5.69 Å². The van der Waals surface area contributed by atoms with Crippen molar-refractivity contribution in [3.05, 3.63) is 52.3 Å². The second-order valence-corrected chi connectivity index (χ2v) is 5.21. The third-order valence-corrected chi connectivity index (χ3v) is 3.38. The molecule has 0 amide bonds. The zero-order valence-electron chi connectivity index (χ0n) is 11.5. The summed E-state index contributed by atoms with van der Waals surface area (Å²) in [5.41, 5.74) is -1.19. The van der Waals surface area contributed by atoms with Crippen LogP contribution in [0.5, 0.6) is 5.75 Å². The molecule has 0 aliphatic rings. The highest BCUT2D eigenvalue weighted by molar-refractivity contribution is 7.99. The Labute approximate surface area is 132 Å². The molecule has 0 saturated heterocycles. The van der Waals surface area contributed by atoms with Crippen molar-refractivity contribution < 1.29 is 22.8 Å². The summed E-state index contributed by atoms with van der Waals surface area (Å²) in [4.78, 5) is 17.4. The van der Waals surface area contributed by atoms with Gasteiger partial charge in [-0.3, -0.25) is 10.1 Å². The second kappa shape index (κ2) is 7.27. The number of ether oxygens (including phenoxy) is 1. The van der Waals surface area contributed by atoms with Gasteiger partial charge in [-0.05, 0) is 12.1 Å². The third-order valence-electron chi connectivity index (χ3n) is 2.56. The molecule has 0 radical (unpaired) electrons. The molecular formula is C13H10F3N3O3S. The van der Waals surface area contributed by atoms with E-state index in [-0.39, 0.29) is 29.0 Å². The minimum Gasteiger partial charge on any atom is -0.486 e. The summed E-state index contributed by atoms with van der Waals surface area (Å²) in [6.07, 6.45) is -3.50. The molecule has 0 aliphatic heterocycles. The van der Waals surface area contributed by atoms with Gasteiger partial charge in [-0.25, -0.2) is 9.97 Å². The summed E-state index contributed by atoms with van der Waals surface area (Å²) in [5, 5.41) is 10.8. The second-order valence-electron chi connectivity index (χ2n) is 4.14. The number of hydrogen-bond acceptors (Lipinski definition) is 6. The summed E-state index contributed by atoms with van der Waals surface area (Å²) in [6, 6.07) is 6.64. The maximum Gasteiger partial charge on any atom is 0.433 e. The number of alkyl halides is 3. The van der Waals surface area contributed by atoms with Crippen LogP contribution in [0.4, 0.5) is 18.9 Å². The van der Waals surface area contributed by atoms with Gasteiger partial charge in [0.15, 0.2) is 10.9 Å². The van der Waals surface area contributed by atoms with E-state index < -0.39 is 16.8 Å². The molecule has 0 unspecified atom stereocenters. The van der Waals surface area contributed by atoms with Crippen molar-refractivity contribution in [2.45, 2.75) is 11.3 Å². The molecule has 1 heterocycles. The van der Waals surface area contributed by atoms with Gasteiger partial charge in [-0.1, -0.05) is 23.9 Å². The Kier molecular flexibility index (Phi) is 5.37. The molecule has 23 heavy (non-hydrogen) atoms. The zero-order valence-corrected chi connectivity index (χ0v) is 12.3. The van der Waals surface area contributed by atoms with Gasteiger partial charge in [-0.2, -0.15) is 13.2 Å². The molecule has 1 aromatic carbocycles. The molecule has 0 saturated carbocycles. The predicted octanol–water partition coefficient (Wildman–Crippen LogP) is 3.57. The zero-order chi connectivity index (χ0) is 16.9. The SMILES string of the molecule is O=[N+]([O-])c1ccccc1OCCSc1nccc(C(F)(F)F)n1. The summed E-state index contributed by atoms with van der Waals surface area (Å²) in [6.45, 7) is 0.0646. The number of hydrogen-bond donors (Lipinski definition) is 0. The molecule has 0 fully saturated rings. The first kappa shape index (κ1) is 17.0. The van der Waals surface area contributed by atoms with Crippen LogP contribution in [0, 0.1) is 10.1 Å². The first-order chi connectivity index (χ1) is 10.9. The van der Waals surface area contributed by atoms with Gasteiger partial charge < -0.3 is 4.74 Å². The summed E-state index contributed by atoms with van der Waals surface area (Å²) in [5.74, 6) is 0.343. The van der Waals surface area contributed by atoms with Crippen LogP contribution >= 0.6 is 11.8 Å². The first-order valence-electron chi connectivity index (χ1n) is 6.27. The number of halogens is 3. The molecule has 0 N–H and O–H groups in total. The van der Waals surface area contributed by atoms with Crippen LogP contribution in [-0.2, 0) is 6.18 Å². The molecule has 2 aromatic rings. The number of nitrogens with zero attached hydrogens (tertiary/aromatic N) is 3. The standard InChI is InChI=1S/C13H10F3N3O3S/c14-13(15,16)11-5-6-17-12(18-11)23-8-7-22-10-4-2-1-3-9(10)19(20)21/h1-6H,7-8H2. The van der Waals surface area contributed by atoms with Gasteiger partial charge in [0.25, 0.3) is 0 Å². The Morgan fingerprint density at radius 2 is 2.00 bits per heavy atom. The van der Waals surface area contributed by atoms with Crippen molar-refractivity contribution in [1.29, 1.82) is 0 Å². The number of nitro benzene ring substituents is 1. The van der Waals surface area contributed by atoms with E-state index in [4.69, 9.17) is 4.74 Å². The van der Waals surface area contributed by atoms with Gasteiger partial charge in [0.2, 0.25) is 0 Å². The lowest BCUT2D eigenvalue weighted by atomic mass is 10.3. The highest BCUT2D eigenvalue weighted by Gasteiger charge is 2.32. The lowest BCUT2D eigenvalue weighted by Gasteiger charge is -2.07. The number of nitro groups is 1. The smallest absolute Gasteiger partial charge is 0.433 e. The largest absolute Gasteiger partial charge is 0.486 e. The van der Waals surface area contributed by atoms with Crippen LogP contribution in [0.3, 0.4) is 0 Å². The van der Waals surface area contributed by atoms with Crippen molar-refractivity contribution >= 4 is 17.4 Å². The van der Waals surface area contributed by atoms with Gasteiger partial charge >= 0.3 is 11.9 Å². The monoisotopic (exact) mass is 345 g/mol. The quantitative estimate of drug-likeness (QED) is 0.262. The van der Waals surface area contributed by atoms with E-state index in [1.165, 1.54) is 18.2 Å². The molecule has 0 bridgehead atoms. The highest BCUT2D eigenvalue weighted by atomic mass is 32.2. The van der Waals surface area contributed by atoms with Crippen molar-refractivity contribution in [3.8, 4) is 5.75 Å². The number of para-hydroxylation sites is 2. The topological polar surface area (TPSA) is 78.2 Å². The van der Waals surface area contributed by atoms with Gasteiger partial charge in [0.05, 0.1) is 11.5 Å². The predicted molar refractivity (Wildman–Crippen MR) is 76.3 cm³/mol. The highest BCUT2D eigenvalue weighted by Crippen LogP contribution is 2.29. The summed E-state index contributed by atoms with van der Waals surface area (Å²) >= 11 is 0.967. The summed E-state index contributed by atoms with van der Waals surface area (Å²) < 4.78 is 42.8. The van der Waals surface area contributed by atoms with Crippen LogP contribution in [0.2, 0.25) is 0 Å². The van der Waals surface area contributed by atoms with Crippen LogP contribution < -0.4 is 4.74 Å². The first-order valence-corrected chi connectivity index (χ1v) is 7.26. The molecule has 122 valence electrons. The number of benzene rings is 1. The molecule has 0 spiro atoms. The third kappa shape index (κ3) is 4.81. The fraction of sp³-hybridized carbons (Fsp3) is 0.231. The van der Waals surface area contributed by atoms with Crippen LogP contribution in [-0.4, -0.2) is 27.3 Å². The van der Waals surface area contributed by atoms with E-state index in [9.17, 15) is 23.3 Å². The Hall–Kier alpha value is -2.36. The molecule has 6 nitrogen and oxygen atoms in total. The fourth-order valence-corrected chi connectivity index (χ4v) is 2.23. The molecule has 1 aromatic heterocycles. The average Bonchev–Trinajstić information content (AvgIpc) is 2.51. The van der Waals surface area contributed by atoms with Gasteiger partial charge in [0, 0.05) is 18.0 Å². The molecule has 0 aliphatic carbocycles. The number of aromatic nitrogens is 2. The van der Waals surface area contributed by atoms with Crippen molar-refractivity contribution in [3.63, 3.8) is 0 Å². The molecular weight excluding hydrogens is 335 g/mol. The van der Waals surface area contributed by atoms with Crippen molar-refractivity contribution in [2.75, 3.05) is 12.4 Å². The van der Waals surface area contributed by atoms with Gasteiger partial charge in [-0.15, -0.1) is 0 Å². The van der Waals surface area contributed by atoms with Crippen LogP contribution in [0.15, 0.2) is 41.7 Å². The average molecular weight is 345 g/mol. The number of rotatable bonds is 6. The Morgan fingerprint density at radius 1 is 1.26 bits per heavy atom. The van der Waals surface area contributed by atoms with Crippen LogP contribution in [0.25, 0.3) is 0 Å². The number of thioether (sulfide) groups is 1. The summed E-state index contributed by atoms with van der Waals surface area (Å²) in [7, 11) is 0. The molecule has 0 atom stereocenters. The molecule has 10 heteroatoms. The van der Waals surface area contributed by atoms with E-state index in [2.05, 4.69) is 9.97 Å². The Bertz CT molecular complexity index is 697. The lowest BCUT2D eigenvalue weighted by molar-refractivity contribution is -0.385. The van der Waals surface area contributed by atoms with E-state index in [0.717, 1.165) is 24.0 Å². The minimum atomic E-state index is -4.53. The van der Waals surface area contributed by atoms with Crippen molar-refractivity contribution in [2.24, 2.45) is 0 Å².